The van der Waals surface area contributed by atoms with Gasteiger partial charge >= 0.3 is 0 Å². The predicted molar refractivity (Wildman–Crippen MR) is 163 cm³/mol. The zero-order valence-corrected chi connectivity index (χ0v) is 24.3. The molecular formula is C33H44N4O4. The summed E-state index contributed by atoms with van der Waals surface area (Å²) in [5, 5.41) is 3.53. The summed E-state index contributed by atoms with van der Waals surface area (Å²) in [5.74, 6) is 2.44. The van der Waals surface area contributed by atoms with Crippen LogP contribution in [0.1, 0.15) is 37.7 Å². The van der Waals surface area contributed by atoms with Gasteiger partial charge in [0.2, 0.25) is 0 Å². The molecule has 8 heteroatoms. The molecule has 1 N–H and O–H groups in total. The number of methoxy groups -OCH3 is 1. The van der Waals surface area contributed by atoms with Crippen molar-refractivity contribution in [3.8, 4) is 17.2 Å². The zero-order chi connectivity index (χ0) is 28.1. The maximum atomic E-state index is 6.41. The van der Waals surface area contributed by atoms with Crippen molar-refractivity contribution in [1.29, 1.82) is 0 Å². The van der Waals surface area contributed by atoms with Crippen LogP contribution < -0.4 is 24.4 Å². The molecule has 220 valence electrons. The number of pyridine rings is 1. The van der Waals surface area contributed by atoms with Gasteiger partial charge < -0.3 is 29.2 Å². The summed E-state index contributed by atoms with van der Waals surface area (Å²) >= 11 is 0. The van der Waals surface area contributed by atoms with Crippen LogP contribution in [-0.2, 0) is 11.3 Å². The Morgan fingerprint density at radius 3 is 2.54 bits per heavy atom. The molecule has 1 aromatic heterocycles. The molecule has 8 nitrogen and oxygen atoms in total. The van der Waals surface area contributed by atoms with E-state index < -0.39 is 0 Å². The summed E-state index contributed by atoms with van der Waals surface area (Å²) < 4.78 is 23.5. The van der Waals surface area contributed by atoms with Crippen LogP contribution in [0.5, 0.6) is 17.2 Å². The van der Waals surface area contributed by atoms with Gasteiger partial charge in [-0.2, -0.15) is 0 Å². The van der Waals surface area contributed by atoms with Crippen LogP contribution in [0, 0.1) is 0 Å². The molecule has 2 aromatic carbocycles. The third-order valence-corrected chi connectivity index (χ3v) is 7.74. The smallest absolute Gasteiger partial charge is 0.163 e. The van der Waals surface area contributed by atoms with Gasteiger partial charge in [0.1, 0.15) is 5.75 Å². The number of ether oxygens (including phenoxy) is 4. The Morgan fingerprint density at radius 1 is 0.976 bits per heavy atom. The van der Waals surface area contributed by atoms with Gasteiger partial charge in [-0.15, -0.1) is 0 Å². The monoisotopic (exact) mass is 560 g/mol. The maximum Gasteiger partial charge on any atom is 0.163 e. The average molecular weight is 561 g/mol. The van der Waals surface area contributed by atoms with E-state index in [-0.39, 0.29) is 6.10 Å². The average Bonchev–Trinajstić information content (AvgIpc) is 3.54. The Bertz CT molecular complexity index is 1170. The molecule has 1 saturated carbocycles. The van der Waals surface area contributed by atoms with E-state index in [0.717, 1.165) is 99.4 Å². The first kappa shape index (κ1) is 29.2. The number of nitrogens with zero attached hydrogens (tertiary/aromatic N) is 3. The van der Waals surface area contributed by atoms with E-state index >= 15 is 0 Å². The minimum Gasteiger partial charge on any atom is -0.494 e. The number of benzene rings is 2. The molecule has 3 aromatic rings. The molecule has 5 rings (SSSR count). The fraction of sp³-hybridized carbons (Fsp3) is 0.485. The number of aromatic nitrogens is 1. The number of hydrogen-bond donors (Lipinski definition) is 1. The zero-order valence-electron chi connectivity index (χ0n) is 24.3. The number of anilines is 2. The van der Waals surface area contributed by atoms with Crippen molar-refractivity contribution in [2.75, 3.05) is 64.6 Å². The van der Waals surface area contributed by atoms with Crippen LogP contribution >= 0.6 is 0 Å². The minimum atomic E-state index is 0.252. The third kappa shape index (κ3) is 8.83. The van der Waals surface area contributed by atoms with E-state index in [2.05, 4.69) is 62.6 Å². The summed E-state index contributed by atoms with van der Waals surface area (Å²) in [6, 6.07) is 18.6. The number of nitrogens with one attached hydrogen (secondary N) is 1. The van der Waals surface area contributed by atoms with E-state index in [1.807, 2.05) is 18.3 Å². The van der Waals surface area contributed by atoms with Gasteiger partial charge in [0, 0.05) is 62.6 Å². The molecule has 1 aliphatic carbocycles. The molecule has 0 amide bonds. The second kappa shape index (κ2) is 15.6. The lowest BCUT2D eigenvalue weighted by atomic mass is 10.1. The SMILES string of the molecule is COc1ccc(N(Cc2cccnc2)c2ccc(OCCCNCCN3CCOCC3)cc2)cc1OC1CCCC1. The highest BCUT2D eigenvalue weighted by Crippen LogP contribution is 2.38. The number of hydrogen-bond acceptors (Lipinski definition) is 8. The predicted octanol–water partition coefficient (Wildman–Crippen LogP) is 5.44. The largest absolute Gasteiger partial charge is 0.494 e. The molecule has 2 fully saturated rings. The van der Waals surface area contributed by atoms with Crippen LogP contribution in [0.3, 0.4) is 0 Å². The fourth-order valence-electron chi connectivity index (χ4n) is 5.41. The van der Waals surface area contributed by atoms with Crippen molar-refractivity contribution < 1.29 is 18.9 Å². The topological polar surface area (TPSA) is 68.3 Å². The first-order chi connectivity index (χ1) is 20.3. The van der Waals surface area contributed by atoms with Gasteiger partial charge in [-0.05, 0) is 86.7 Å². The van der Waals surface area contributed by atoms with Gasteiger partial charge in [-0.1, -0.05) is 6.07 Å². The van der Waals surface area contributed by atoms with Crippen molar-refractivity contribution in [2.24, 2.45) is 0 Å². The summed E-state index contributed by atoms with van der Waals surface area (Å²) in [6.45, 7) is 8.16. The lowest BCUT2D eigenvalue weighted by Gasteiger charge is -2.27. The molecule has 0 spiro atoms. The standard InChI is InChI=1S/C33H44N4O4/c1-38-32-14-11-29(24-33(32)41-31-7-2-3-8-31)37(26-27-6-4-15-35-25-27)28-9-12-30(13-10-28)40-21-5-16-34-17-18-36-19-22-39-23-20-36/h4,6,9-15,24-25,31,34H,2-3,5,7-8,16-23,26H2,1H3. The van der Waals surface area contributed by atoms with E-state index in [1.54, 1.807) is 13.3 Å². The Labute approximate surface area is 244 Å². The molecule has 1 aliphatic heterocycles. The Morgan fingerprint density at radius 2 is 1.78 bits per heavy atom. The van der Waals surface area contributed by atoms with Gasteiger partial charge in [-0.25, -0.2) is 0 Å². The molecule has 0 radical (unpaired) electrons. The van der Waals surface area contributed by atoms with Crippen molar-refractivity contribution in [1.82, 2.24) is 15.2 Å². The Balaban J connectivity index is 1.19. The lowest BCUT2D eigenvalue weighted by Crippen LogP contribution is -2.40. The lowest BCUT2D eigenvalue weighted by molar-refractivity contribution is 0.0384. The molecule has 1 saturated heterocycles. The first-order valence-corrected chi connectivity index (χ1v) is 15.0. The molecule has 2 heterocycles. The number of morpholine rings is 1. The van der Waals surface area contributed by atoms with E-state index in [0.29, 0.717) is 13.2 Å². The fourth-order valence-corrected chi connectivity index (χ4v) is 5.41. The van der Waals surface area contributed by atoms with E-state index in [9.17, 15) is 0 Å². The summed E-state index contributed by atoms with van der Waals surface area (Å²) in [5.41, 5.74) is 3.24. The highest BCUT2D eigenvalue weighted by atomic mass is 16.5. The van der Waals surface area contributed by atoms with Crippen LogP contribution in [0.2, 0.25) is 0 Å². The van der Waals surface area contributed by atoms with Crippen molar-refractivity contribution in [3.05, 3.63) is 72.6 Å². The molecule has 41 heavy (non-hydrogen) atoms. The van der Waals surface area contributed by atoms with Crippen LogP contribution in [-0.4, -0.2) is 75.6 Å². The van der Waals surface area contributed by atoms with Crippen LogP contribution in [0.4, 0.5) is 11.4 Å². The number of rotatable bonds is 15. The molecular weight excluding hydrogens is 516 g/mol. The van der Waals surface area contributed by atoms with Gasteiger partial charge in [0.05, 0.1) is 33.0 Å². The van der Waals surface area contributed by atoms with Gasteiger partial charge in [0.25, 0.3) is 0 Å². The second-order valence-corrected chi connectivity index (χ2v) is 10.7. The minimum absolute atomic E-state index is 0.252. The van der Waals surface area contributed by atoms with Gasteiger partial charge in [0.15, 0.2) is 11.5 Å². The maximum absolute atomic E-state index is 6.41. The van der Waals surface area contributed by atoms with Crippen molar-refractivity contribution in [2.45, 2.75) is 44.8 Å². The van der Waals surface area contributed by atoms with Crippen molar-refractivity contribution >= 4 is 11.4 Å². The molecule has 0 atom stereocenters. The summed E-state index contributed by atoms with van der Waals surface area (Å²) in [6.07, 6.45) is 9.58. The Kier molecular flexibility index (Phi) is 11.1. The highest BCUT2D eigenvalue weighted by molar-refractivity contribution is 5.67. The molecule has 0 unspecified atom stereocenters. The molecule has 0 bridgehead atoms. The third-order valence-electron chi connectivity index (χ3n) is 7.74. The quantitative estimate of drug-likeness (QED) is 0.247. The van der Waals surface area contributed by atoms with Gasteiger partial charge in [-0.3, -0.25) is 9.88 Å². The normalized spacial score (nSPS) is 16.0. The first-order valence-electron chi connectivity index (χ1n) is 15.0. The van der Waals surface area contributed by atoms with Crippen LogP contribution in [0.25, 0.3) is 0 Å². The van der Waals surface area contributed by atoms with E-state index in [4.69, 9.17) is 18.9 Å². The summed E-state index contributed by atoms with van der Waals surface area (Å²) in [7, 11) is 1.70. The second-order valence-electron chi connectivity index (χ2n) is 10.7. The van der Waals surface area contributed by atoms with E-state index in [1.165, 1.54) is 12.8 Å². The van der Waals surface area contributed by atoms with Crippen molar-refractivity contribution in [3.63, 3.8) is 0 Å². The highest BCUT2D eigenvalue weighted by Gasteiger charge is 2.20. The van der Waals surface area contributed by atoms with Crippen LogP contribution in [0.15, 0.2) is 67.0 Å². The molecule has 2 aliphatic rings. The Hall–Kier alpha value is -3.33. The summed E-state index contributed by atoms with van der Waals surface area (Å²) in [4.78, 5) is 9.06.